The van der Waals surface area contributed by atoms with E-state index in [0.29, 0.717) is 19.0 Å². The third-order valence-corrected chi connectivity index (χ3v) is 13.7. The first-order valence-electron chi connectivity index (χ1n) is 26.0. The predicted molar refractivity (Wildman–Crippen MR) is 344 cm³/mol. The molecule has 0 spiro atoms. The van der Waals surface area contributed by atoms with Crippen molar-refractivity contribution in [2.45, 2.75) is 76.5 Å². The van der Waals surface area contributed by atoms with E-state index in [1.165, 1.54) is 27.8 Å². The van der Waals surface area contributed by atoms with E-state index < -0.39 is 19.0 Å². The van der Waals surface area contributed by atoms with Crippen molar-refractivity contribution in [1.82, 2.24) is 24.9 Å². The Balaban J connectivity index is 0.000000204. The summed E-state index contributed by atoms with van der Waals surface area (Å²) in [7, 11) is -4.32. The van der Waals surface area contributed by atoms with Crippen molar-refractivity contribution in [1.29, 1.82) is 0 Å². The highest BCUT2D eigenvalue weighted by Gasteiger charge is 2.13. The maximum atomic E-state index is 11.9. The molecule has 11 nitrogen and oxygen atoms in total. The number of benzene rings is 4. The average molecular weight is 1120 g/mol. The number of nitrogens with zero attached hydrogens (tertiary/aromatic N) is 4. The summed E-state index contributed by atoms with van der Waals surface area (Å²) in [5.41, 5.74) is 16.5. The molecule has 0 fully saturated rings. The Morgan fingerprint density at radius 1 is 0.531 bits per heavy atom. The van der Waals surface area contributed by atoms with Crippen LogP contribution < -0.4 is 15.2 Å². The fourth-order valence-electron chi connectivity index (χ4n) is 7.74. The number of aromatic amines is 1. The van der Waals surface area contributed by atoms with Crippen LogP contribution in [0.25, 0.3) is 21.7 Å². The Labute approximate surface area is 481 Å². The van der Waals surface area contributed by atoms with Crippen LogP contribution in [-0.4, -0.2) is 70.2 Å². The molecule has 2 atom stereocenters. The summed E-state index contributed by atoms with van der Waals surface area (Å²) >= 11 is 0. The van der Waals surface area contributed by atoms with Crippen LogP contribution in [0, 0.1) is 0 Å². The number of pyridine rings is 4. The van der Waals surface area contributed by atoms with E-state index in [0.717, 1.165) is 91.2 Å². The summed E-state index contributed by atoms with van der Waals surface area (Å²) in [6.07, 6.45) is 18.2. The first kappa shape index (κ1) is 64.9. The molecule has 0 bridgehead atoms. The van der Waals surface area contributed by atoms with Crippen LogP contribution in [0.2, 0.25) is 0 Å². The molecule has 13 heteroatoms. The van der Waals surface area contributed by atoms with Gasteiger partial charge < -0.3 is 20.2 Å². The van der Waals surface area contributed by atoms with Crippen molar-refractivity contribution >= 4 is 64.1 Å². The lowest BCUT2D eigenvalue weighted by molar-refractivity contribution is -0.116. The van der Waals surface area contributed by atoms with Gasteiger partial charge in [-0.15, -0.1) is 0 Å². The number of rotatable bonds is 12. The molecule has 9 aromatic rings. The van der Waals surface area contributed by atoms with E-state index in [1.807, 2.05) is 167 Å². The highest BCUT2D eigenvalue weighted by molar-refractivity contribution is 8.00. The Hall–Kier alpha value is -8.65. The molecule has 1 aliphatic heterocycles. The van der Waals surface area contributed by atoms with Gasteiger partial charge in [0.2, 0.25) is 6.79 Å². The van der Waals surface area contributed by atoms with Gasteiger partial charge in [-0.25, -0.2) is 0 Å². The highest BCUT2D eigenvalue weighted by atomic mass is 32.2. The van der Waals surface area contributed by atoms with Crippen molar-refractivity contribution in [3.05, 3.63) is 259 Å². The number of hydrogen-bond acceptors (Lipinski definition) is 10. The van der Waals surface area contributed by atoms with Crippen LogP contribution >= 0.6 is 0 Å². The van der Waals surface area contributed by atoms with E-state index in [2.05, 4.69) is 69.0 Å². The van der Waals surface area contributed by atoms with E-state index in [1.54, 1.807) is 56.5 Å². The predicted octanol–water partition coefficient (Wildman–Crippen LogP) is 14.3. The molecule has 0 radical (unpaired) electrons. The lowest BCUT2D eigenvalue weighted by Crippen LogP contribution is -1.98. The number of H-pyrrole nitrogens is 1. The second-order valence-electron chi connectivity index (χ2n) is 19.9. The average Bonchev–Trinajstić information content (AvgIpc) is 4.07. The first-order chi connectivity index (χ1) is 38.5. The number of nitrogens with one attached hydrogen (secondary N) is 1. The second-order valence-corrected chi connectivity index (χ2v) is 24.8. The second kappa shape index (κ2) is 33.1. The van der Waals surface area contributed by atoms with Gasteiger partial charge in [0.05, 0.1) is 10.4 Å². The van der Waals surface area contributed by atoms with Gasteiger partial charge in [-0.1, -0.05) is 121 Å². The molecular formula is C68H78N6O5S2. The van der Waals surface area contributed by atoms with Crippen molar-refractivity contribution < 1.29 is 22.7 Å². The van der Waals surface area contributed by atoms with Gasteiger partial charge in [0.15, 0.2) is 11.5 Å². The smallest absolute Gasteiger partial charge is 0.231 e. The summed E-state index contributed by atoms with van der Waals surface area (Å²) < 4.78 is 34.2. The molecule has 4 aromatic carbocycles. The van der Waals surface area contributed by atoms with Crippen LogP contribution in [0.5, 0.6) is 11.5 Å². The maximum Gasteiger partial charge on any atom is 0.231 e. The topological polar surface area (TPSA) is 163 Å². The third-order valence-electron chi connectivity index (χ3n) is 11.1. The Bertz CT molecular complexity index is 3470. The number of aromatic nitrogens is 5. The van der Waals surface area contributed by atoms with Gasteiger partial charge in [-0.3, -0.25) is 33.1 Å². The van der Waals surface area contributed by atoms with Crippen LogP contribution in [-0.2, 0) is 55.9 Å². The lowest BCUT2D eigenvalue weighted by atomic mass is 10.1. The number of anilines is 1. The standard InChI is InChI=1S/C12H12OS.C11H11NOS.C11H12O2.3C9H11N.C7H10N2O/c1-14(2,13)12-9-5-7-10-6-3-4-8-11(10)12;1-14(2,13)10-7-3-5-9-6-4-8-12-11(9)10;1-8(2)5-9-3-4-10-11(6-9)13-7-12-10;1-8(2)7-9-3-5-10-6-4-9;1-8(2)6-9-4-3-5-10-7-9;1-8(2)7-9-5-3-4-6-10-9;1-5(10)4-6-2-3-7(8)9-6/h3-9H,1H2,2H3;3-8H,1H2,2H3;3-4,6H,1,5,7H2,2H3;3-6H,1,7H2,2H3;3-5,7H,1,6H2,2H3;3-6H,1,7H2,2H3;2-3,9H,4,8H2,1H3. The minimum absolute atomic E-state index is 0.141. The number of nitrogen functional groups attached to an aromatic ring is 1. The van der Waals surface area contributed by atoms with Gasteiger partial charge in [-0.05, 0) is 185 Å². The number of hydrogen-bond donors (Lipinski definition) is 2. The minimum Gasteiger partial charge on any atom is -0.454 e. The van der Waals surface area contributed by atoms with Gasteiger partial charge >= 0.3 is 0 Å². The van der Waals surface area contributed by atoms with Gasteiger partial charge in [0.1, 0.15) is 11.6 Å². The quantitative estimate of drug-likeness (QED) is 0.0889. The molecule has 3 N–H and O–H groups in total. The zero-order valence-electron chi connectivity index (χ0n) is 48.0. The summed E-state index contributed by atoms with van der Waals surface area (Å²) in [6, 6.07) is 46.7. The summed E-state index contributed by atoms with van der Waals surface area (Å²) in [5.74, 6) is 9.83. The summed E-state index contributed by atoms with van der Waals surface area (Å²) in [5, 5.41) is 3.16. The monoisotopic (exact) mass is 1120 g/mol. The number of fused-ring (bicyclic) bond motifs is 3. The first-order valence-corrected chi connectivity index (χ1v) is 30.3. The molecule has 6 heterocycles. The fourth-order valence-corrected chi connectivity index (χ4v) is 9.70. The van der Waals surface area contributed by atoms with E-state index >= 15 is 0 Å². The van der Waals surface area contributed by atoms with Gasteiger partial charge in [-0.2, -0.15) is 0 Å². The molecule has 2 unspecified atom stereocenters. The number of para-hydroxylation sites is 1. The zero-order valence-corrected chi connectivity index (χ0v) is 49.7. The molecule has 10 rings (SSSR count). The summed E-state index contributed by atoms with van der Waals surface area (Å²) in [4.78, 5) is 31.3. The third kappa shape index (κ3) is 24.9. The number of ketones is 1. The minimum atomic E-state index is -2.19. The Morgan fingerprint density at radius 2 is 1.10 bits per heavy atom. The fraction of sp³-hybridized carbons (Fsp3) is 0.191. The summed E-state index contributed by atoms with van der Waals surface area (Å²) in [6.45, 7) is 25.3. The normalized spacial score (nSPS) is 12.0. The van der Waals surface area contributed by atoms with E-state index in [4.69, 9.17) is 15.2 Å². The van der Waals surface area contributed by atoms with Crippen LogP contribution in [0.1, 0.15) is 62.7 Å². The highest BCUT2D eigenvalue weighted by Crippen LogP contribution is 2.33. The molecule has 422 valence electrons. The molecule has 0 aliphatic carbocycles. The molecule has 0 amide bonds. The number of nitrogens with two attached hydrogens (primary N) is 1. The molecule has 0 saturated heterocycles. The largest absolute Gasteiger partial charge is 0.454 e. The number of carbonyl (C=O) groups excluding carboxylic acids is 1. The number of Topliss-reactive ketones (excluding diaryl/α,β-unsaturated/α-hetero) is 1. The van der Waals surface area contributed by atoms with Crippen LogP contribution in [0.15, 0.2) is 241 Å². The Morgan fingerprint density at radius 3 is 1.69 bits per heavy atom. The molecule has 1 aliphatic rings. The van der Waals surface area contributed by atoms with Crippen molar-refractivity contribution in [3.63, 3.8) is 0 Å². The molecule has 0 saturated carbocycles. The molecule has 5 aromatic heterocycles. The molecular weight excluding hydrogens is 1040 g/mol. The van der Waals surface area contributed by atoms with Crippen molar-refractivity contribution in [2.24, 2.45) is 0 Å². The lowest BCUT2D eigenvalue weighted by Gasteiger charge is -2.06. The number of allylic oxidation sites excluding steroid dienone is 4. The van der Waals surface area contributed by atoms with Crippen LogP contribution in [0.4, 0.5) is 5.82 Å². The molecule has 81 heavy (non-hydrogen) atoms. The zero-order chi connectivity index (χ0) is 59.4. The van der Waals surface area contributed by atoms with Crippen LogP contribution in [0.3, 0.4) is 0 Å². The van der Waals surface area contributed by atoms with Gasteiger partial charge in [0.25, 0.3) is 0 Å². The number of carbonyl (C=O) groups is 1. The van der Waals surface area contributed by atoms with E-state index in [-0.39, 0.29) is 5.78 Å². The maximum absolute atomic E-state index is 11.9. The Kier molecular flexibility index (Phi) is 26.5. The van der Waals surface area contributed by atoms with Crippen molar-refractivity contribution in [3.8, 4) is 11.5 Å². The van der Waals surface area contributed by atoms with Crippen molar-refractivity contribution in [2.75, 3.05) is 25.0 Å². The number of ether oxygens (including phenoxy) is 2. The van der Waals surface area contributed by atoms with E-state index in [9.17, 15) is 13.2 Å². The van der Waals surface area contributed by atoms with Gasteiger partial charge in [0, 0.05) is 84.2 Å². The SMILES string of the molecule is C=C(C)Cc1ccc2c(c1)OCO2.C=C(C)Cc1ccccn1.C=C(C)Cc1cccnc1.C=C(C)Cc1ccncc1.C=S(C)(=O)c1cccc2ccccc12.C=S(C)(=O)c1cccc2cccnc12.CC(=O)Cc1ccc(N)[nH]1.